The van der Waals surface area contributed by atoms with Crippen LogP contribution in [-0.2, 0) is 9.59 Å². The summed E-state index contributed by atoms with van der Waals surface area (Å²) in [5.74, 6) is 1.94. The highest BCUT2D eigenvalue weighted by Gasteiger charge is 2.37. The number of amides is 2. The molecule has 2 amide bonds. The van der Waals surface area contributed by atoms with Gasteiger partial charge in [-0.25, -0.2) is 0 Å². The smallest absolute Gasteiger partial charge is 0.242 e. The molecule has 0 radical (unpaired) electrons. The topological polar surface area (TPSA) is 93.9 Å². The molecule has 2 atom stereocenters. The van der Waals surface area contributed by atoms with E-state index in [2.05, 4.69) is 5.32 Å². The van der Waals surface area contributed by atoms with Crippen LogP contribution in [0.2, 0.25) is 0 Å². The lowest BCUT2D eigenvalue weighted by atomic mass is 10.1. The van der Waals surface area contributed by atoms with Crippen molar-refractivity contribution in [2.75, 3.05) is 32.6 Å². The van der Waals surface area contributed by atoms with E-state index in [1.165, 1.54) is 0 Å². The number of likely N-dealkylation sites (N-methyl/N-ethyl adjacent to an activating group) is 1. The van der Waals surface area contributed by atoms with Gasteiger partial charge < -0.3 is 25.4 Å². The number of nitrogens with one attached hydrogen (secondary N) is 1. The summed E-state index contributed by atoms with van der Waals surface area (Å²) in [5, 5.41) is 2.60. The van der Waals surface area contributed by atoms with E-state index in [4.69, 9.17) is 15.2 Å². The third-order valence-corrected chi connectivity index (χ3v) is 5.30. The number of thioether (sulfide) groups is 1. The Morgan fingerprint density at radius 1 is 1.32 bits per heavy atom. The highest BCUT2D eigenvalue weighted by molar-refractivity contribution is 7.99. The van der Waals surface area contributed by atoms with E-state index in [-0.39, 0.29) is 17.9 Å². The maximum Gasteiger partial charge on any atom is 0.242 e. The van der Waals surface area contributed by atoms with Gasteiger partial charge in [0.25, 0.3) is 0 Å². The molecule has 1 saturated heterocycles. The molecule has 7 nitrogen and oxygen atoms in total. The van der Waals surface area contributed by atoms with E-state index in [9.17, 15) is 9.59 Å². The normalized spacial score (nSPS) is 21.9. The Bertz CT molecular complexity index is 655. The number of ether oxygens (including phenoxy) is 2. The van der Waals surface area contributed by atoms with E-state index in [1.54, 1.807) is 23.7 Å². The van der Waals surface area contributed by atoms with E-state index >= 15 is 0 Å². The average Bonchev–Trinajstić information content (AvgIpc) is 3.03. The van der Waals surface area contributed by atoms with Crippen molar-refractivity contribution >= 4 is 23.6 Å². The molecule has 0 unspecified atom stereocenters. The minimum absolute atomic E-state index is 0.0356. The first-order chi connectivity index (χ1) is 12.1. The molecule has 8 heteroatoms. The molecule has 2 aliphatic heterocycles. The minimum Gasteiger partial charge on any atom is -0.486 e. The lowest BCUT2D eigenvalue weighted by Gasteiger charge is -2.23. The van der Waals surface area contributed by atoms with Gasteiger partial charge in [-0.3, -0.25) is 9.59 Å². The van der Waals surface area contributed by atoms with Crippen LogP contribution in [0.1, 0.15) is 12.8 Å². The lowest BCUT2D eigenvalue weighted by Crippen LogP contribution is -2.45. The Labute approximate surface area is 151 Å². The number of nitrogens with two attached hydrogens (primary N) is 1. The van der Waals surface area contributed by atoms with E-state index < -0.39 is 6.04 Å². The van der Waals surface area contributed by atoms with Crippen molar-refractivity contribution in [2.24, 2.45) is 5.73 Å². The summed E-state index contributed by atoms with van der Waals surface area (Å²) >= 11 is 1.58. The number of hydrogen-bond donors (Lipinski definition) is 2. The van der Waals surface area contributed by atoms with Crippen LogP contribution in [0.15, 0.2) is 23.1 Å². The van der Waals surface area contributed by atoms with Gasteiger partial charge in [-0.05, 0) is 24.6 Å². The van der Waals surface area contributed by atoms with Crippen molar-refractivity contribution < 1.29 is 19.1 Å². The SMILES string of the molecule is CNC(=O)[C@@H]1C[C@H](N)CN1C(=O)CCSc1ccc2c(c1)OCCO2. The fourth-order valence-electron chi connectivity index (χ4n) is 3.07. The van der Waals surface area contributed by atoms with Gasteiger partial charge in [0.1, 0.15) is 19.3 Å². The molecule has 0 spiro atoms. The zero-order valence-corrected chi connectivity index (χ0v) is 15.0. The van der Waals surface area contributed by atoms with Crippen LogP contribution in [0.25, 0.3) is 0 Å². The van der Waals surface area contributed by atoms with Crippen molar-refractivity contribution in [2.45, 2.75) is 29.8 Å². The van der Waals surface area contributed by atoms with Gasteiger partial charge in [0.2, 0.25) is 11.8 Å². The molecule has 2 heterocycles. The molecular weight excluding hydrogens is 342 g/mol. The van der Waals surface area contributed by atoms with Gasteiger partial charge in [-0.1, -0.05) is 0 Å². The number of nitrogens with zero attached hydrogens (tertiary/aromatic N) is 1. The molecule has 0 aromatic heterocycles. The molecular formula is C17H23N3O4S. The number of fused-ring (bicyclic) bond motifs is 1. The summed E-state index contributed by atoms with van der Waals surface area (Å²) < 4.78 is 11.1. The first kappa shape index (κ1) is 17.9. The third-order valence-electron chi connectivity index (χ3n) is 4.30. The number of likely N-dealkylation sites (tertiary alicyclic amines) is 1. The van der Waals surface area contributed by atoms with Gasteiger partial charge in [-0.15, -0.1) is 11.8 Å². The summed E-state index contributed by atoms with van der Waals surface area (Å²) in [6.45, 7) is 1.56. The summed E-state index contributed by atoms with van der Waals surface area (Å²) in [6, 6.07) is 5.19. The largest absolute Gasteiger partial charge is 0.486 e. The predicted molar refractivity (Wildman–Crippen MR) is 94.9 cm³/mol. The molecule has 25 heavy (non-hydrogen) atoms. The van der Waals surface area contributed by atoms with Crippen LogP contribution in [0.4, 0.5) is 0 Å². The summed E-state index contributed by atoms with van der Waals surface area (Å²) in [6.07, 6.45) is 0.875. The highest BCUT2D eigenvalue weighted by Crippen LogP contribution is 2.34. The first-order valence-electron chi connectivity index (χ1n) is 8.37. The second-order valence-corrected chi connectivity index (χ2v) is 7.24. The Morgan fingerprint density at radius 2 is 2.08 bits per heavy atom. The van der Waals surface area contributed by atoms with Crippen molar-refractivity contribution in [1.29, 1.82) is 0 Å². The van der Waals surface area contributed by atoms with Crippen LogP contribution >= 0.6 is 11.8 Å². The second-order valence-electron chi connectivity index (χ2n) is 6.08. The van der Waals surface area contributed by atoms with Crippen molar-refractivity contribution in [3.63, 3.8) is 0 Å². The molecule has 136 valence electrons. The molecule has 0 aliphatic carbocycles. The zero-order chi connectivity index (χ0) is 17.8. The number of carbonyl (C=O) groups excluding carboxylic acids is 2. The Morgan fingerprint density at radius 3 is 2.84 bits per heavy atom. The first-order valence-corrected chi connectivity index (χ1v) is 9.36. The van der Waals surface area contributed by atoms with Crippen molar-refractivity contribution in [1.82, 2.24) is 10.2 Å². The Kier molecular flexibility index (Phi) is 5.70. The molecule has 1 fully saturated rings. The number of benzene rings is 1. The van der Waals surface area contributed by atoms with Crippen LogP contribution in [0.5, 0.6) is 11.5 Å². The van der Waals surface area contributed by atoms with E-state index in [1.807, 2.05) is 18.2 Å². The molecule has 0 saturated carbocycles. The van der Waals surface area contributed by atoms with Crippen molar-refractivity contribution in [3.05, 3.63) is 18.2 Å². The molecule has 0 bridgehead atoms. The fourth-order valence-corrected chi connectivity index (χ4v) is 3.94. The molecule has 3 rings (SSSR count). The summed E-state index contributed by atoms with van der Waals surface area (Å²) in [5.41, 5.74) is 5.93. The standard InChI is InChI=1S/C17H23N3O4S/c1-19-17(22)13-8-11(18)10-20(13)16(21)4-7-25-12-2-3-14-15(9-12)24-6-5-23-14/h2-3,9,11,13H,4-8,10,18H2,1H3,(H,19,22)/t11-,13-/m0/s1. The maximum atomic E-state index is 12.5. The van der Waals surface area contributed by atoms with Crippen LogP contribution in [0, 0.1) is 0 Å². The molecule has 1 aromatic carbocycles. The highest BCUT2D eigenvalue weighted by atomic mass is 32.2. The predicted octanol–water partition coefficient (Wildman–Crippen LogP) is 0.614. The van der Waals surface area contributed by atoms with Crippen LogP contribution in [-0.4, -0.2) is 61.4 Å². The van der Waals surface area contributed by atoms with Crippen molar-refractivity contribution in [3.8, 4) is 11.5 Å². The van der Waals surface area contributed by atoms with E-state index in [0.717, 1.165) is 16.4 Å². The van der Waals surface area contributed by atoms with Gasteiger partial charge in [-0.2, -0.15) is 0 Å². The Balaban J connectivity index is 1.53. The van der Waals surface area contributed by atoms with E-state index in [0.29, 0.717) is 38.4 Å². The van der Waals surface area contributed by atoms with Gasteiger partial charge in [0.15, 0.2) is 11.5 Å². The summed E-state index contributed by atoms with van der Waals surface area (Å²) in [4.78, 5) is 27.0. The van der Waals surface area contributed by atoms with Gasteiger partial charge >= 0.3 is 0 Å². The fraction of sp³-hybridized carbons (Fsp3) is 0.529. The quantitative estimate of drug-likeness (QED) is 0.743. The minimum atomic E-state index is -0.452. The van der Waals surface area contributed by atoms with Gasteiger partial charge in [0, 0.05) is 36.7 Å². The number of rotatable bonds is 5. The van der Waals surface area contributed by atoms with Gasteiger partial charge in [0.05, 0.1) is 0 Å². The lowest BCUT2D eigenvalue weighted by molar-refractivity contribution is -0.137. The molecule has 1 aromatic rings. The third kappa shape index (κ3) is 4.19. The molecule has 3 N–H and O–H groups in total. The van der Waals surface area contributed by atoms with Crippen LogP contribution in [0.3, 0.4) is 0 Å². The Hall–Kier alpha value is -1.93. The molecule has 2 aliphatic rings. The van der Waals surface area contributed by atoms with Crippen LogP contribution < -0.4 is 20.5 Å². The average molecular weight is 365 g/mol. The number of hydrogen-bond acceptors (Lipinski definition) is 6. The monoisotopic (exact) mass is 365 g/mol. The maximum absolute atomic E-state index is 12.5. The summed E-state index contributed by atoms with van der Waals surface area (Å²) in [7, 11) is 1.58. The zero-order valence-electron chi connectivity index (χ0n) is 14.2. The number of carbonyl (C=O) groups is 2. The second kappa shape index (κ2) is 7.97.